The van der Waals surface area contributed by atoms with Crippen molar-refractivity contribution in [3.63, 3.8) is 0 Å². The van der Waals surface area contributed by atoms with Gasteiger partial charge >= 0.3 is 12.0 Å². The highest BCUT2D eigenvalue weighted by molar-refractivity contribution is 5.31. The highest BCUT2D eigenvalue weighted by Gasteiger charge is 2.09. The Morgan fingerprint density at radius 1 is 1.14 bits per heavy atom. The zero-order chi connectivity index (χ0) is 15.2. The topological polar surface area (TPSA) is 107 Å². The maximum atomic E-state index is 8.62. The van der Waals surface area contributed by atoms with Crippen LogP contribution in [0.3, 0.4) is 0 Å². The van der Waals surface area contributed by atoms with Crippen LogP contribution in [0.5, 0.6) is 17.8 Å². The molecule has 7 nitrogen and oxygen atoms in total. The molecule has 1 aromatic heterocycles. The minimum Gasteiger partial charge on any atom is -0.461 e. The first-order valence-corrected chi connectivity index (χ1v) is 6.39. The second-order valence-corrected chi connectivity index (χ2v) is 4.51. The summed E-state index contributed by atoms with van der Waals surface area (Å²) in [4.78, 5) is 11.8. The molecule has 1 heterocycles. The maximum Gasteiger partial charge on any atom is 0.330 e. The summed E-state index contributed by atoms with van der Waals surface area (Å²) >= 11 is 0. The number of rotatable bonds is 5. The molecule has 2 N–H and O–H groups in total. The number of nitrogens with zero attached hydrogens (tertiary/aromatic N) is 4. The van der Waals surface area contributed by atoms with Crippen molar-refractivity contribution >= 4 is 5.95 Å². The van der Waals surface area contributed by atoms with Gasteiger partial charge in [-0.05, 0) is 31.5 Å². The molecule has 0 radical (unpaired) electrons. The predicted octanol–water partition coefficient (Wildman–Crippen LogP) is 2.10. The van der Waals surface area contributed by atoms with E-state index in [0.29, 0.717) is 12.2 Å². The Balaban J connectivity index is 2.15. The Morgan fingerprint density at radius 2 is 1.81 bits per heavy atom. The summed E-state index contributed by atoms with van der Waals surface area (Å²) in [6.45, 7) is 3.71. The number of nitrogen functional groups attached to an aromatic ring is 1. The van der Waals surface area contributed by atoms with E-state index in [1.807, 2.05) is 13.8 Å². The van der Waals surface area contributed by atoms with Crippen molar-refractivity contribution < 1.29 is 9.47 Å². The molecule has 0 fully saturated rings. The standard InChI is InChI=1S/C14H15N5O2/c1-9(2)20-13-17-12(16)18-14(19-13)21-11-5-3-10(4-6-11)7-8-15/h3-6,9H,7H2,1-2H3,(H2,16,17,18,19). The second-order valence-electron chi connectivity index (χ2n) is 4.51. The average Bonchev–Trinajstić information content (AvgIpc) is 2.40. The van der Waals surface area contributed by atoms with E-state index >= 15 is 0 Å². The number of benzene rings is 1. The molecule has 7 heteroatoms. The minimum absolute atomic E-state index is 0.0248. The molecule has 2 aromatic rings. The van der Waals surface area contributed by atoms with Gasteiger partial charge in [-0.1, -0.05) is 12.1 Å². The average molecular weight is 285 g/mol. The molecule has 0 aliphatic rings. The summed E-state index contributed by atoms with van der Waals surface area (Å²) in [5.41, 5.74) is 6.50. The zero-order valence-electron chi connectivity index (χ0n) is 11.8. The molecule has 0 spiro atoms. The smallest absolute Gasteiger partial charge is 0.330 e. The number of aromatic nitrogens is 3. The fraction of sp³-hybridized carbons (Fsp3) is 0.286. The third-order valence-electron chi connectivity index (χ3n) is 2.37. The van der Waals surface area contributed by atoms with Gasteiger partial charge in [0.05, 0.1) is 18.6 Å². The predicted molar refractivity (Wildman–Crippen MR) is 75.8 cm³/mol. The summed E-state index contributed by atoms with van der Waals surface area (Å²) in [6.07, 6.45) is 0.274. The number of anilines is 1. The molecule has 0 saturated carbocycles. The summed E-state index contributed by atoms with van der Waals surface area (Å²) in [7, 11) is 0. The van der Waals surface area contributed by atoms with Crippen molar-refractivity contribution in [2.45, 2.75) is 26.4 Å². The molecule has 2 rings (SSSR count). The van der Waals surface area contributed by atoms with Gasteiger partial charge in [0.15, 0.2) is 0 Å². The Kier molecular flexibility index (Phi) is 4.51. The maximum absolute atomic E-state index is 8.62. The molecule has 0 saturated heterocycles. The van der Waals surface area contributed by atoms with Crippen LogP contribution in [0.15, 0.2) is 24.3 Å². The third-order valence-corrected chi connectivity index (χ3v) is 2.37. The van der Waals surface area contributed by atoms with Crippen LogP contribution in [-0.2, 0) is 6.42 Å². The van der Waals surface area contributed by atoms with Gasteiger partial charge in [-0.25, -0.2) is 0 Å². The Morgan fingerprint density at radius 3 is 2.43 bits per heavy atom. The summed E-state index contributed by atoms with van der Waals surface area (Å²) in [5, 5.41) is 8.62. The van der Waals surface area contributed by atoms with E-state index in [9.17, 15) is 0 Å². The van der Waals surface area contributed by atoms with Gasteiger partial charge < -0.3 is 15.2 Å². The normalized spacial score (nSPS) is 10.2. The van der Waals surface area contributed by atoms with Crippen LogP contribution in [0.4, 0.5) is 5.95 Å². The fourth-order valence-electron chi connectivity index (χ4n) is 1.53. The van der Waals surface area contributed by atoms with Gasteiger partial charge in [-0.3, -0.25) is 0 Å². The highest BCUT2D eigenvalue weighted by atomic mass is 16.5. The molecule has 0 bridgehead atoms. The molecular weight excluding hydrogens is 270 g/mol. The van der Waals surface area contributed by atoms with Gasteiger partial charge in [-0.15, -0.1) is 4.98 Å². The van der Waals surface area contributed by atoms with Gasteiger partial charge in [0, 0.05) is 0 Å². The van der Waals surface area contributed by atoms with Crippen molar-refractivity contribution in [1.82, 2.24) is 15.0 Å². The van der Waals surface area contributed by atoms with Crippen LogP contribution in [0, 0.1) is 11.3 Å². The first-order valence-electron chi connectivity index (χ1n) is 6.39. The lowest BCUT2D eigenvalue weighted by molar-refractivity contribution is 0.219. The molecule has 0 aliphatic carbocycles. The second kappa shape index (κ2) is 6.52. The lowest BCUT2D eigenvalue weighted by atomic mass is 10.2. The molecule has 108 valence electrons. The van der Waals surface area contributed by atoms with E-state index in [1.54, 1.807) is 24.3 Å². The van der Waals surface area contributed by atoms with Gasteiger partial charge in [0.2, 0.25) is 5.95 Å². The third kappa shape index (κ3) is 4.31. The molecular formula is C14H15N5O2. The first-order chi connectivity index (χ1) is 10.1. The molecule has 0 unspecified atom stereocenters. The number of ether oxygens (including phenoxy) is 2. The van der Waals surface area contributed by atoms with E-state index in [-0.39, 0.29) is 24.1 Å². The zero-order valence-corrected chi connectivity index (χ0v) is 11.8. The monoisotopic (exact) mass is 285 g/mol. The largest absolute Gasteiger partial charge is 0.461 e. The molecule has 1 aromatic carbocycles. The van der Waals surface area contributed by atoms with Crippen molar-refractivity contribution in [1.29, 1.82) is 5.26 Å². The van der Waals surface area contributed by atoms with Crippen LogP contribution in [-0.4, -0.2) is 21.1 Å². The quantitative estimate of drug-likeness (QED) is 0.896. The van der Waals surface area contributed by atoms with Gasteiger partial charge in [0.25, 0.3) is 0 Å². The Labute approximate surface area is 122 Å². The van der Waals surface area contributed by atoms with E-state index in [2.05, 4.69) is 21.0 Å². The molecule has 21 heavy (non-hydrogen) atoms. The molecule has 0 aliphatic heterocycles. The van der Waals surface area contributed by atoms with Crippen molar-refractivity contribution in [3.8, 4) is 23.8 Å². The summed E-state index contributed by atoms with van der Waals surface area (Å²) in [5.74, 6) is 0.564. The van der Waals surface area contributed by atoms with Crippen molar-refractivity contribution in [3.05, 3.63) is 29.8 Å². The van der Waals surface area contributed by atoms with Crippen LogP contribution < -0.4 is 15.2 Å². The van der Waals surface area contributed by atoms with E-state index in [4.69, 9.17) is 20.5 Å². The van der Waals surface area contributed by atoms with Gasteiger partial charge in [-0.2, -0.15) is 15.2 Å². The van der Waals surface area contributed by atoms with Crippen LogP contribution in [0.2, 0.25) is 0 Å². The van der Waals surface area contributed by atoms with E-state index < -0.39 is 0 Å². The Hall–Kier alpha value is -2.88. The van der Waals surface area contributed by atoms with Gasteiger partial charge in [0.1, 0.15) is 5.75 Å². The van der Waals surface area contributed by atoms with Crippen LogP contribution >= 0.6 is 0 Å². The van der Waals surface area contributed by atoms with E-state index in [0.717, 1.165) is 5.56 Å². The van der Waals surface area contributed by atoms with Crippen molar-refractivity contribution in [2.24, 2.45) is 0 Å². The lowest BCUT2D eigenvalue weighted by Crippen LogP contribution is -2.11. The molecule has 0 atom stereocenters. The van der Waals surface area contributed by atoms with Crippen LogP contribution in [0.1, 0.15) is 19.4 Å². The fourth-order valence-corrected chi connectivity index (χ4v) is 1.53. The Bertz CT molecular complexity index is 649. The lowest BCUT2D eigenvalue weighted by Gasteiger charge is -2.09. The first kappa shape index (κ1) is 14.5. The summed E-state index contributed by atoms with van der Waals surface area (Å²) < 4.78 is 10.9. The molecule has 0 amide bonds. The number of nitriles is 1. The minimum atomic E-state index is -0.0788. The van der Waals surface area contributed by atoms with Crippen molar-refractivity contribution in [2.75, 3.05) is 5.73 Å². The number of hydrogen-bond acceptors (Lipinski definition) is 7. The van der Waals surface area contributed by atoms with Crippen LogP contribution in [0.25, 0.3) is 0 Å². The number of hydrogen-bond donors (Lipinski definition) is 1. The highest BCUT2D eigenvalue weighted by Crippen LogP contribution is 2.20. The summed E-state index contributed by atoms with van der Waals surface area (Å²) in [6, 6.07) is 9.32. The van der Waals surface area contributed by atoms with E-state index in [1.165, 1.54) is 0 Å². The number of nitrogens with two attached hydrogens (primary N) is 1. The SMILES string of the molecule is CC(C)Oc1nc(N)nc(Oc2ccc(CC#N)cc2)n1.